The van der Waals surface area contributed by atoms with Gasteiger partial charge in [-0.2, -0.15) is 0 Å². The lowest BCUT2D eigenvalue weighted by Crippen LogP contribution is -2.29. The highest BCUT2D eigenvalue weighted by molar-refractivity contribution is 7.91. The van der Waals surface area contributed by atoms with Crippen molar-refractivity contribution >= 4 is 15.7 Å². The zero-order valence-corrected chi connectivity index (χ0v) is 14.9. The second-order valence-electron chi connectivity index (χ2n) is 5.22. The molecule has 0 aliphatic carbocycles. The summed E-state index contributed by atoms with van der Waals surface area (Å²) in [5.74, 6) is -2.66. The molecule has 0 fully saturated rings. The van der Waals surface area contributed by atoms with Gasteiger partial charge in [0.25, 0.3) is 5.91 Å². The van der Waals surface area contributed by atoms with Crippen LogP contribution in [0.25, 0.3) is 0 Å². The molecule has 0 atom stereocenters. The van der Waals surface area contributed by atoms with Crippen LogP contribution < -0.4 is 14.8 Å². The molecule has 0 radical (unpaired) electrons. The summed E-state index contributed by atoms with van der Waals surface area (Å²) < 4.78 is 60.8. The molecule has 2 aromatic carbocycles. The molecular weight excluding hydrogens is 368 g/mol. The SMILES string of the molecule is COc1ccc(S(=O)(=O)CCNC(=O)c2ccc(F)c(F)c2)cc1OC. The molecule has 0 aliphatic rings. The van der Waals surface area contributed by atoms with E-state index in [1.165, 1.54) is 32.4 Å². The number of halogens is 2. The molecular formula is C17H17F2NO5S. The van der Waals surface area contributed by atoms with E-state index in [9.17, 15) is 22.0 Å². The van der Waals surface area contributed by atoms with Crippen LogP contribution in [0, 0.1) is 11.6 Å². The van der Waals surface area contributed by atoms with E-state index in [0.717, 1.165) is 18.2 Å². The first-order valence-corrected chi connectivity index (χ1v) is 9.11. The van der Waals surface area contributed by atoms with E-state index in [2.05, 4.69) is 5.32 Å². The Labute approximate surface area is 149 Å². The number of carbonyl (C=O) groups excluding carboxylic acids is 1. The number of amides is 1. The van der Waals surface area contributed by atoms with Crippen LogP contribution in [-0.2, 0) is 9.84 Å². The van der Waals surface area contributed by atoms with E-state index in [1.54, 1.807) is 0 Å². The second-order valence-corrected chi connectivity index (χ2v) is 7.33. The number of methoxy groups -OCH3 is 2. The zero-order valence-electron chi connectivity index (χ0n) is 14.1. The highest BCUT2D eigenvalue weighted by Gasteiger charge is 2.18. The van der Waals surface area contributed by atoms with Gasteiger partial charge in [-0.1, -0.05) is 0 Å². The number of sulfone groups is 1. The van der Waals surface area contributed by atoms with Crippen LogP contribution in [0.1, 0.15) is 10.4 Å². The molecule has 140 valence electrons. The van der Waals surface area contributed by atoms with E-state index in [4.69, 9.17) is 9.47 Å². The van der Waals surface area contributed by atoms with Crippen LogP contribution in [0.15, 0.2) is 41.3 Å². The summed E-state index contributed by atoms with van der Waals surface area (Å²) in [4.78, 5) is 11.9. The molecule has 0 heterocycles. The third kappa shape index (κ3) is 4.48. The lowest BCUT2D eigenvalue weighted by Gasteiger charge is -2.11. The fraction of sp³-hybridized carbons (Fsp3) is 0.235. The van der Waals surface area contributed by atoms with Crippen molar-refractivity contribution in [3.8, 4) is 11.5 Å². The van der Waals surface area contributed by atoms with Gasteiger partial charge in [0.15, 0.2) is 33.0 Å². The molecule has 0 unspecified atom stereocenters. The molecule has 2 aromatic rings. The minimum atomic E-state index is -3.69. The van der Waals surface area contributed by atoms with Crippen molar-refractivity contribution in [2.45, 2.75) is 4.90 Å². The van der Waals surface area contributed by atoms with Crippen LogP contribution in [-0.4, -0.2) is 40.8 Å². The van der Waals surface area contributed by atoms with E-state index in [1.807, 2.05) is 0 Å². The number of ether oxygens (including phenoxy) is 2. The third-order valence-electron chi connectivity index (χ3n) is 3.55. The molecule has 1 N–H and O–H groups in total. The summed E-state index contributed by atoms with van der Waals surface area (Å²) in [7, 11) is -0.879. The first kappa shape index (κ1) is 19.6. The topological polar surface area (TPSA) is 81.7 Å². The zero-order chi connectivity index (χ0) is 19.3. The number of carbonyl (C=O) groups is 1. The van der Waals surface area contributed by atoms with Crippen LogP contribution in [0.2, 0.25) is 0 Å². The van der Waals surface area contributed by atoms with Crippen molar-refractivity contribution in [2.24, 2.45) is 0 Å². The lowest BCUT2D eigenvalue weighted by atomic mass is 10.2. The van der Waals surface area contributed by atoms with Gasteiger partial charge in [0.2, 0.25) is 0 Å². The van der Waals surface area contributed by atoms with Gasteiger partial charge in [-0.15, -0.1) is 0 Å². The van der Waals surface area contributed by atoms with Crippen LogP contribution in [0.4, 0.5) is 8.78 Å². The van der Waals surface area contributed by atoms with E-state index < -0.39 is 27.4 Å². The van der Waals surface area contributed by atoms with Crippen molar-refractivity contribution in [1.82, 2.24) is 5.32 Å². The Kier molecular flexibility index (Phi) is 6.14. The molecule has 6 nitrogen and oxygen atoms in total. The monoisotopic (exact) mass is 385 g/mol. The Balaban J connectivity index is 2.04. The minimum absolute atomic E-state index is 0.0113. The maximum absolute atomic E-state index is 13.1. The number of nitrogens with one attached hydrogen (secondary N) is 1. The maximum atomic E-state index is 13.1. The maximum Gasteiger partial charge on any atom is 0.251 e. The number of hydrogen-bond donors (Lipinski definition) is 1. The van der Waals surface area contributed by atoms with Crippen molar-refractivity contribution < 1.29 is 31.5 Å². The highest BCUT2D eigenvalue weighted by Crippen LogP contribution is 2.29. The Morgan fingerprint density at radius 3 is 2.31 bits per heavy atom. The standard InChI is InChI=1S/C17H17F2NO5S/c1-24-15-6-4-12(10-16(15)25-2)26(22,23)8-7-20-17(21)11-3-5-13(18)14(19)9-11/h3-6,9-10H,7-8H2,1-2H3,(H,20,21). The molecule has 0 aromatic heterocycles. The first-order valence-electron chi connectivity index (χ1n) is 7.46. The summed E-state index contributed by atoms with van der Waals surface area (Å²) in [6, 6.07) is 6.83. The summed E-state index contributed by atoms with van der Waals surface area (Å²) in [6.45, 7) is -0.200. The predicted octanol–water partition coefficient (Wildman–Crippen LogP) is 2.19. The van der Waals surface area contributed by atoms with Crippen molar-refractivity contribution in [3.05, 3.63) is 53.6 Å². The highest BCUT2D eigenvalue weighted by atomic mass is 32.2. The van der Waals surface area contributed by atoms with Gasteiger partial charge >= 0.3 is 0 Å². The molecule has 2 rings (SSSR count). The summed E-state index contributed by atoms with van der Waals surface area (Å²) >= 11 is 0. The van der Waals surface area contributed by atoms with Gasteiger partial charge in [0.05, 0.1) is 24.9 Å². The van der Waals surface area contributed by atoms with Crippen molar-refractivity contribution in [2.75, 3.05) is 26.5 Å². The molecule has 0 saturated heterocycles. The van der Waals surface area contributed by atoms with Crippen LogP contribution >= 0.6 is 0 Å². The molecule has 0 aliphatic heterocycles. The summed E-state index contributed by atoms with van der Waals surface area (Å²) in [5, 5.41) is 2.36. The third-order valence-corrected chi connectivity index (χ3v) is 5.27. The van der Waals surface area contributed by atoms with Gasteiger partial charge < -0.3 is 14.8 Å². The Morgan fingerprint density at radius 2 is 1.69 bits per heavy atom. The average molecular weight is 385 g/mol. The Morgan fingerprint density at radius 1 is 1.00 bits per heavy atom. The van der Waals surface area contributed by atoms with Crippen LogP contribution in [0.5, 0.6) is 11.5 Å². The largest absolute Gasteiger partial charge is 0.493 e. The average Bonchev–Trinajstić information content (AvgIpc) is 2.63. The normalized spacial score (nSPS) is 11.1. The van der Waals surface area contributed by atoms with Crippen molar-refractivity contribution in [1.29, 1.82) is 0 Å². The number of rotatable bonds is 7. The van der Waals surface area contributed by atoms with Gasteiger partial charge in [-0.3, -0.25) is 4.79 Å². The fourth-order valence-corrected chi connectivity index (χ4v) is 3.33. The van der Waals surface area contributed by atoms with E-state index in [0.29, 0.717) is 5.75 Å². The number of benzene rings is 2. The van der Waals surface area contributed by atoms with Crippen molar-refractivity contribution in [3.63, 3.8) is 0 Å². The predicted molar refractivity (Wildman–Crippen MR) is 90.3 cm³/mol. The lowest BCUT2D eigenvalue weighted by molar-refractivity contribution is 0.0955. The molecule has 0 saturated carbocycles. The molecule has 9 heteroatoms. The Hall–Kier alpha value is -2.68. The Bertz CT molecular complexity index is 915. The second kappa shape index (κ2) is 8.13. The van der Waals surface area contributed by atoms with Gasteiger partial charge in [0, 0.05) is 18.2 Å². The molecule has 1 amide bonds. The quantitative estimate of drug-likeness (QED) is 0.790. The van der Waals surface area contributed by atoms with Crippen LogP contribution in [0.3, 0.4) is 0 Å². The molecule has 26 heavy (non-hydrogen) atoms. The minimum Gasteiger partial charge on any atom is -0.493 e. The first-order chi connectivity index (χ1) is 12.3. The molecule has 0 spiro atoms. The summed E-state index contributed by atoms with van der Waals surface area (Å²) in [5.41, 5.74) is -0.104. The molecule has 0 bridgehead atoms. The van der Waals surface area contributed by atoms with Gasteiger partial charge in [-0.05, 0) is 30.3 Å². The van der Waals surface area contributed by atoms with Gasteiger partial charge in [0.1, 0.15) is 0 Å². The smallest absolute Gasteiger partial charge is 0.251 e. The number of hydrogen-bond acceptors (Lipinski definition) is 5. The van der Waals surface area contributed by atoms with E-state index in [-0.39, 0.29) is 28.5 Å². The summed E-state index contributed by atoms with van der Waals surface area (Å²) in [6.07, 6.45) is 0. The van der Waals surface area contributed by atoms with Gasteiger partial charge in [-0.25, -0.2) is 17.2 Å². The fourth-order valence-electron chi connectivity index (χ4n) is 2.17. The van der Waals surface area contributed by atoms with E-state index >= 15 is 0 Å².